The molecule has 1 fully saturated rings. The lowest BCUT2D eigenvalue weighted by Gasteiger charge is -2.26. The third kappa shape index (κ3) is 3.10. The summed E-state index contributed by atoms with van der Waals surface area (Å²) < 4.78 is 11.3. The van der Waals surface area contributed by atoms with Crippen LogP contribution in [-0.2, 0) is 4.74 Å². The number of methoxy groups -OCH3 is 1. The van der Waals surface area contributed by atoms with Gasteiger partial charge in [-0.05, 0) is 56.0 Å². The van der Waals surface area contributed by atoms with Crippen molar-refractivity contribution in [3.63, 3.8) is 0 Å². The molecule has 106 valence electrons. The van der Waals surface area contributed by atoms with Gasteiger partial charge in [-0.15, -0.1) is 0 Å². The van der Waals surface area contributed by atoms with E-state index in [1.807, 2.05) is 0 Å². The Labute approximate surface area is 116 Å². The molecule has 1 heterocycles. The summed E-state index contributed by atoms with van der Waals surface area (Å²) >= 11 is 0. The summed E-state index contributed by atoms with van der Waals surface area (Å²) in [6.07, 6.45) is 2.61. The molecule has 2 unspecified atom stereocenters. The quantitative estimate of drug-likeness (QED) is 0.885. The average Bonchev–Trinajstić information content (AvgIpc) is 2.92. The molecule has 1 aliphatic heterocycles. The highest BCUT2D eigenvalue weighted by atomic mass is 16.5. The largest absolute Gasteiger partial charge is 0.496 e. The molecule has 19 heavy (non-hydrogen) atoms. The second-order valence-corrected chi connectivity index (χ2v) is 5.27. The zero-order valence-electron chi connectivity index (χ0n) is 12.5. The number of nitrogens with one attached hydrogen (secondary N) is 1. The Balaban J connectivity index is 2.32. The third-order valence-corrected chi connectivity index (χ3v) is 3.88. The normalized spacial score (nSPS) is 20.5. The Morgan fingerprint density at radius 3 is 2.74 bits per heavy atom. The summed E-state index contributed by atoms with van der Waals surface area (Å²) in [5.74, 6) is 0.962. The van der Waals surface area contributed by atoms with Crippen molar-refractivity contribution in [1.82, 2.24) is 5.32 Å². The van der Waals surface area contributed by atoms with Crippen molar-refractivity contribution in [3.05, 3.63) is 28.8 Å². The highest BCUT2D eigenvalue weighted by molar-refractivity contribution is 5.43. The second-order valence-electron chi connectivity index (χ2n) is 5.27. The lowest BCUT2D eigenvalue weighted by atomic mass is 9.93. The smallest absolute Gasteiger partial charge is 0.122 e. The van der Waals surface area contributed by atoms with Gasteiger partial charge in [-0.2, -0.15) is 0 Å². The SMILES string of the molecule is CCNC(c1cc(C)c(OC)cc1C)C1CCCO1. The van der Waals surface area contributed by atoms with Crippen molar-refractivity contribution in [2.24, 2.45) is 0 Å². The molecule has 2 rings (SSSR count). The van der Waals surface area contributed by atoms with Gasteiger partial charge in [0.1, 0.15) is 5.75 Å². The summed E-state index contributed by atoms with van der Waals surface area (Å²) in [5.41, 5.74) is 3.79. The molecule has 3 nitrogen and oxygen atoms in total. The van der Waals surface area contributed by atoms with Gasteiger partial charge in [-0.3, -0.25) is 0 Å². The summed E-state index contributed by atoms with van der Waals surface area (Å²) in [6, 6.07) is 4.66. The van der Waals surface area contributed by atoms with Crippen LogP contribution in [0.25, 0.3) is 0 Å². The van der Waals surface area contributed by atoms with Crippen LogP contribution in [0.4, 0.5) is 0 Å². The summed E-state index contributed by atoms with van der Waals surface area (Å²) in [4.78, 5) is 0. The Hall–Kier alpha value is -1.06. The molecular weight excluding hydrogens is 238 g/mol. The van der Waals surface area contributed by atoms with Crippen LogP contribution in [0.15, 0.2) is 12.1 Å². The van der Waals surface area contributed by atoms with Crippen molar-refractivity contribution in [3.8, 4) is 5.75 Å². The number of rotatable bonds is 5. The van der Waals surface area contributed by atoms with Gasteiger partial charge >= 0.3 is 0 Å². The molecular formula is C16H25NO2. The first-order valence-electron chi connectivity index (χ1n) is 7.17. The number of aryl methyl sites for hydroxylation is 2. The molecule has 1 aromatic rings. The zero-order valence-corrected chi connectivity index (χ0v) is 12.5. The van der Waals surface area contributed by atoms with Crippen LogP contribution in [0.5, 0.6) is 5.75 Å². The molecule has 0 bridgehead atoms. The van der Waals surface area contributed by atoms with E-state index in [0.717, 1.165) is 25.3 Å². The van der Waals surface area contributed by atoms with Crippen LogP contribution in [0.2, 0.25) is 0 Å². The summed E-state index contributed by atoms with van der Waals surface area (Å²) in [6.45, 7) is 8.24. The van der Waals surface area contributed by atoms with Crippen LogP contribution >= 0.6 is 0 Å². The maximum atomic E-state index is 5.88. The van der Waals surface area contributed by atoms with Gasteiger partial charge in [0.2, 0.25) is 0 Å². The highest BCUT2D eigenvalue weighted by Crippen LogP contribution is 2.32. The van der Waals surface area contributed by atoms with E-state index in [-0.39, 0.29) is 6.04 Å². The van der Waals surface area contributed by atoms with E-state index in [1.54, 1.807) is 7.11 Å². The van der Waals surface area contributed by atoms with Gasteiger partial charge in [0.15, 0.2) is 0 Å². The van der Waals surface area contributed by atoms with E-state index >= 15 is 0 Å². The van der Waals surface area contributed by atoms with E-state index in [4.69, 9.17) is 9.47 Å². The fourth-order valence-corrected chi connectivity index (χ4v) is 2.89. The molecule has 1 aromatic carbocycles. The minimum absolute atomic E-state index is 0.289. The molecule has 0 saturated carbocycles. The number of benzene rings is 1. The van der Waals surface area contributed by atoms with Crippen LogP contribution in [0.3, 0.4) is 0 Å². The second kappa shape index (κ2) is 6.40. The zero-order chi connectivity index (χ0) is 13.8. The van der Waals surface area contributed by atoms with Crippen molar-refractivity contribution >= 4 is 0 Å². The minimum atomic E-state index is 0.289. The lowest BCUT2D eigenvalue weighted by Crippen LogP contribution is -2.32. The first kappa shape index (κ1) is 14.4. The Morgan fingerprint density at radius 1 is 1.37 bits per heavy atom. The molecule has 0 aliphatic carbocycles. The van der Waals surface area contributed by atoms with Crippen molar-refractivity contribution < 1.29 is 9.47 Å². The van der Waals surface area contributed by atoms with Gasteiger partial charge in [0, 0.05) is 6.61 Å². The Morgan fingerprint density at radius 2 is 2.16 bits per heavy atom. The molecule has 2 atom stereocenters. The monoisotopic (exact) mass is 263 g/mol. The average molecular weight is 263 g/mol. The van der Waals surface area contributed by atoms with E-state index in [0.29, 0.717) is 6.10 Å². The van der Waals surface area contributed by atoms with Crippen molar-refractivity contribution in [2.75, 3.05) is 20.3 Å². The first-order chi connectivity index (χ1) is 9.17. The Kier molecular flexibility index (Phi) is 4.83. The molecule has 0 spiro atoms. The van der Waals surface area contributed by atoms with Crippen LogP contribution < -0.4 is 10.1 Å². The molecule has 1 aliphatic rings. The van der Waals surface area contributed by atoms with Gasteiger partial charge < -0.3 is 14.8 Å². The molecule has 3 heteroatoms. The standard InChI is InChI=1S/C16H25NO2/c1-5-17-16(14-7-6-8-19-14)13-9-12(3)15(18-4)10-11(13)2/h9-10,14,16-17H,5-8H2,1-4H3. The van der Waals surface area contributed by atoms with Crippen molar-refractivity contribution in [2.45, 2.75) is 45.8 Å². The van der Waals surface area contributed by atoms with Crippen molar-refractivity contribution in [1.29, 1.82) is 0 Å². The lowest BCUT2D eigenvalue weighted by molar-refractivity contribution is 0.0786. The third-order valence-electron chi connectivity index (χ3n) is 3.88. The topological polar surface area (TPSA) is 30.5 Å². The maximum absolute atomic E-state index is 5.88. The molecule has 0 aromatic heterocycles. The molecule has 1 saturated heterocycles. The molecule has 1 N–H and O–H groups in total. The van der Waals surface area contributed by atoms with Gasteiger partial charge in [0.05, 0.1) is 19.3 Å². The van der Waals surface area contributed by atoms with E-state index in [2.05, 4.69) is 38.2 Å². The number of ether oxygens (including phenoxy) is 2. The minimum Gasteiger partial charge on any atom is -0.496 e. The molecule has 0 radical (unpaired) electrons. The van der Waals surface area contributed by atoms with Crippen LogP contribution in [0.1, 0.15) is 42.5 Å². The van der Waals surface area contributed by atoms with E-state index in [9.17, 15) is 0 Å². The van der Waals surface area contributed by atoms with Gasteiger partial charge in [-0.25, -0.2) is 0 Å². The highest BCUT2D eigenvalue weighted by Gasteiger charge is 2.28. The predicted molar refractivity (Wildman–Crippen MR) is 77.9 cm³/mol. The van der Waals surface area contributed by atoms with Crippen LogP contribution in [-0.4, -0.2) is 26.4 Å². The fraction of sp³-hybridized carbons (Fsp3) is 0.625. The Bertz CT molecular complexity index is 425. The number of hydrogen-bond acceptors (Lipinski definition) is 3. The summed E-state index contributed by atoms with van der Waals surface area (Å²) in [7, 11) is 1.73. The van der Waals surface area contributed by atoms with E-state index in [1.165, 1.54) is 23.1 Å². The van der Waals surface area contributed by atoms with Gasteiger partial charge in [0.25, 0.3) is 0 Å². The van der Waals surface area contributed by atoms with Crippen LogP contribution in [0, 0.1) is 13.8 Å². The maximum Gasteiger partial charge on any atom is 0.122 e. The molecule has 0 amide bonds. The fourth-order valence-electron chi connectivity index (χ4n) is 2.89. The predicted octanol–water partition coefficient (Wildman–Crippen LogP) is 3.14. The number of hydrogen-bond donors (Lipinski definition) is 1. The van der Waals surface area contributed by atoms with E-state index < -0.39 is 0 Å². The number of likely N-dealkylation sites (N-methyl/N-ethyl adjacent to an activating group) is 1. The van der Waals surface area contributed by atoms with Gasteiger partial charge in [-0.1, -0.05) is 13.0 Å². The summed E-state index contributed by atoms with van der Waals surface area (Å²) in [5, 5.41) is 3.58. The first-order valence-corrected chi connectivity index (χ1v) is 7.17.